The summed E-state index contributed by atoms with van der Waals surface area (Å²) in [7, 11) is -3.44. The molecule has 2 aliphatic heterocycles. The first kappa shape index (κ1) is 20.4. The Morgan fingerprint density at radius 1 is 1.21 bits per heavy atom. The molecule has 1 aromatic rings. The summed E-state index contributed by atoms with van der Waals surface area (Å²) in [4.78, 5) is 19.7. The third kappa shape index (κ3) is 4.92. The molecule has 0 saturated carbocycles. The van der Waals surface area contributed by atoms with E-state index in [2.05, 4.69) is 5.16 Å². The highest BCUT2D eigenvalue weighted by Crippen LogP contribution is 2.25. The van der Waals surface area contributed by atoms with Crippen LogP contribution in [0.5, 0.6) is 0 Å². The van der Waals surface area contributed by atoms with Gasteiger partial charge < -0.3 is 19.7 Å². The second-order valence-electron chi connectivity index (χ2n) is 7.10. The number of amides is 1. The van der Waals surface area contributed by atoms with Gasteiger partial charge in [-0.25, -0.2) is 17.6 Å². The molecule has 0 radical (unpaired) electrons. The summed E-state index contributed by atoms with van der Waals surface area (Å²) < 4.78 is 37.4. The van der Waals surface area contributed by atoms with E-state index in [0.717, 1.165) is 18.0 Å². The number of oxime groups is 1. The van der Waals surface area contributed by atoms with Crippen molar-refractivity contribution in [2.24, 2.45) is 5.16 Å². The smallest absolute Gasteiger partial charge is 0.407 e. The molecule has 3 rings (SSSR count). The molecule has 8 nitrogen and oxygen atoms in total. The van der Waals surface area contributed by atoms with Crippen molar-refractivity contribution in [2.45, 2.75) is 36.7 Å². The molecule has 2 aliphatic rings. The minimum atomic E-state index is -3.44. The van der Waals surface area contributed by atoms with E-state index in [9.17, 15) is 17.6 Å². The van der Waals surface area contributed by atoms with Gasteiger partial charge in [0.1, 0.15) is 11.9 Å². The number of sulfone groups is 1. The molecular weight excluding hydrogens is 389 g/mol. The SMILES string of the molecule is CS(=O)(=O)c1ccc(N2CCC(=NOC3CCN(C(=O)O)CC3)CC2)c(F)c1. The maximum atomic E-state index is 14.3. The maximum absolute atomic E-state index is 14.3. The van der Waals surface area contributed by atoms with E-state index < -0.39 is 21.7 Å². The summed E-state index contributed by atoms with van der Waals surface area (Å²) in [6.45, 7) is 2.02. The van der Waals surface area contributed by atoms with E-state index in [4.69, 9.17) is 9.94 Å². The van der Waals surface area contributed by atoms with E-state index in [0.29, 0.717) is 57.5 Å². The molecular formula is C18H24FN3O5S. The second kappa shape index (κ2) is 8.34. The number of anilines is 1. The quantitative estimate of drug-likeness (QED) is 0.761. The summed E-state index contributed by atoms with van der Waals surface area (Å²) in [5.41, 5.74) is 1.28. The highest BCUT2D eigenvalue weighted by Gasteiger charge is 2.24. The first-order valence-corrected chi connectivity index (χ1v) is 11.1. The highest BCUT2D eigenvalue weighted by molar-refractivity contribution is 7.90. The summed E-state index contributed by atoms with van der Waals surface area (Å²) in [6, 6.07) is 3.98. The van der Waals surface area contributed by atoms with Gasteiger partial charge in [-0.3, -0.25) is 0 Å². The number of hydrogen-bond acceptors (Lipinski definition) is 6. The van der Waals surface area contributed by atoms with Gasteiger partial charge in [0.05, 0.1) is 16.3 Å². The predicted molar refractivity (Wildman–Crippen MR) is 102 cm³/mol. The van der Waals surface area contributed by atoms with Gasteiger partial charge in [0.2, 0.25) is 0 Å². The van der Waals surface area contributed by atoms with Gasteiger partial charge in [-0.05, 0) is 18.2 Å². The average molecular weight is 413 g/mol. The summed E-state index contributed by atoms with van der Waals surface area (Å²) in [5.74, 6) is -0.551. The Balaban J connectivity index is 1.52. The van der Waals surface area contributed by atoms with Gasteiger partial charge in [-0.2, -0.15) is 0 Å². The Hall–Kier alpha value is -2.36. The van der Waals surface area contributed by atoms with E-state index >= 15 is 0 Å². The maximum Gasteiger partial charge on any atom is 0.407 e. The summed E-state index contributed by atoms with van der Waals surface area (Å²) in [6.07, 6.45) is 2.55. The molecule has 154 valence electrons. The Kier molecular flexibility index (Phi) is 6.07. The third-order valence-corrected chi connectivity index (χ3v) is 6.18. The van der Waals surface area contributed by atoms with Gasteiger partial charge in [-0.15, -0.1) is 0 Å². The molecule has 2 heterocycles. The first-order valence-electron chi connectivity index (χ1n) is 9.18. The number of carboxylic acid groups (broad SMARTS) is 1. The molecule has 1 amide bonds. The summed E-state index contributed by atoms with van der Waals surface area (Å²) >= 11 is 0. The van der Waals surface area contributed by atoms with Crippen molar-refractivity contribution in [1.82, 2.24) is 4.90 Å². The molecule has 2 saturated heterocycles. The fourth-order valence-corrected chi connectivity index (χ4v) is 4.01. The molecule has 0 bridgehead atoms. The third-order valence-electron chi connectivity index (χ3n) is 5.07. The Morgan fingerprint density at radius 2 is 1.86 bits per heavy atom. The molecule has 28 heavy (non-hydrogen) atoms. The lowest BCUT2D eigenvalue weighted by atomic mass is 10.1. The van der Waals surface area contributed by atoms with Crippen LogP contribution in [0.25, 0.3) is 0 Å². The van der Waals surface area contributed by atoms with Crippen molar-refractivity contribution >= 4 is 27.3 Å². The normalized spacial score (nSPS) is 18.9. The molecule has 1 N–H and O–H groups in total. The van der Waals surface area contributed by atoms with Gasteiger partial charge in [0, 0.05) is 58.1 Å². The molecule has 1 aromatic carbocycles. The standard InChI is InChI=1S/C18H24FN3O5S/c1-28(25,26)15-2-3-17(16(19)12-15)21-8-4-13(5-9-21)20-27-14-6-10-22(11-7-14)18(23)24/h2-3,12,14H,4-11H2,1H3,(H,23,24). The van der Waals surface area contributed by atoms with Crippen LogP contribution in [-0.4, -0.2) is 68.8 Å². The molecule has 10 heteroatoms. The average Bonchev–Trinajstić information content (AvgIpc) is 2.66. The topological polar surface area (TPSA) is 99.5 Å². The van der Waals surface area contributed by atoms with Crippen molar-refractivity contribution in [3.05, 3.63) is 24.0 Å². The van der Waals surface area contributed by atoms with E-state index in [1.54, 1.807) is 0 Å². The molecule has 0 aromatic heterocycles. The number of hydrogen-bond donors (Lipinski definition) is 1. The molecule has 0 unspecified atom stereocenters. The van der Waals surface area contributed by atoms with Crippen LogP contribution >= 0.6 is 0 Å². The van der Waals surface area contributed by atoms with Crippen molar-refractivity contribution in [1.29, 1.82) is 0 Å². The van der Waals surface area contributed by atoms with E-state index in [1.165, 1.54) is 17.0 Å². The largest absolute Gasteiger partial charge is 0.465 e. The predicted octanol–water partition coefficient (Wildman–Crippen LogP) is 2.34. The number of halogens is 1. The fraction of sp³-hybridized carbons (Fsp3) is 0.556. The number of benzene rings is 1. The van der Waals surface area contributed by atoms with Crippen molar-refractivity contribution in [3.8, 4) is 0 Å². The van der Waals surface area contributed by atoms with Gasteiger partial charge in [0.15, 0.2) is 9.84 Å². The number of piperidine rings is 2. The van der Waals surface area contributed by atoms with Crippen LogP contribution in [0.1, 0.15) is 25.7 Å². The van der Waals surface area contributed by atoms with Crippen LogP contribution in [0.3, 0.4) is 0 Å². The lowest BCUT2D eigenvalue weighted by molar-refractivity contribution is 0.0127. The molecule has 0 atom stereocenters. The van der Waals surface area contributed by atoms with Crippen molar-refractivity contribution < 1.29 is 27.5 Å². The van der Waals surface area contributed by atoms with Crippen LogP contribution < -0.4 is 4.90 Å². The number of nitrogens with zero attached hydrogens (tertiary/aromatic N) is 3. The van der Waals surface area contributed by atoms with Crippen LogP contribution in [0, 0.1) is 5.82 Å². The first-order chi connectivity index (χ1) is 13.2. The zero-order valence-electron chi connectivity index (χ0n) is 15.7. The van der Waals surface area contributed by atoms with Crippen LogP contribution in [0.2, 0.25) is 0 Å². The van der Waals surface area contributed by atoms with Gasteiger partial charge in [-0.1, -0.05) is 5.16 Å². The van der Waals surface area contributed by atoms with Crippen LogP contribution in [-0.2, 0) is 14.7 Å². The number of rotatable bonds is 4. The van der Waals surface area contributed by atoms with Gasteiger partial charge in [0.25, 0.3) is 0 Å². The monoisotopic (exact) mass is 413 g/mol. The van der Waals surface area contributed by atoms with Crippen molar-refractivity contribution in [2.75, 3.05) is 37.3 Å². The minimum absolute atomic E-state index is 0.0321. The Labute approximate surface area is 163 Å². The van der Waals surface area contributed by atoms with E-state index in [1.807, 2.05) is 4.90 Å². The fourth-order valence-electron chi connectivity index (χ4n) is 3.37. The highest BCUT2D eigenvalue weighted by atomic mass is 32.2. The minimum Gasteiger partial charge on any atom is -0.465 e. The number of likely N-dealkylation sites (tertiary alicyclic amines) is 1. The molecule has 0 spiro atoms. The van der Waals surface area contributed by atoms with Gasteiger partial charge >= 0.3 is 6.09 Å². The Bertz CT molecular complexity index is 856. The zero-order chi connectivity index (χ0) is 20.3. The molecule has 0 aliphatic carbocycles. The molecule has 2 fully saturated rings. The lowest BCUT2D eigenvalue weighted by Crippen LogP contribution is -2.40. The van der Waals surface area contributed by atoms with E-state index in [-0.39, 0.29) is 11.0 Å². The Morgan fingerprint density at radius 3 is 2.39 bits per heavy atom. The number of carbonyl (C=O) groups is 1. The van der Waals surface area contributed by atoms with Crippen LogP contribution in [0.4, 0.5) is 14.9 Å². The zero-order valence-corrected chi connectivity index (χ0v) is 16.5. The lowest BCUT2D eigenvalue weighted by Gasteiger charge is -2.31. The second-order valence-corrected chi connectivity index (χ2v) is 9.12. The van der Waals surface area contributed by atoms with Crippen molar-refractivity contribution in [3.63, 3.8) is 0 Å². The van der Waals surface area contributed by atoms with Crippen LogP contribution in [0.15, 0.2) is 28.3 Å². The summed E-state index contributed by atoms with van der Waals surface area (Å²) in [5, 5.41) is 13.2.